The largest absolute Gasteiger partial charge is 0.269 e. The van der Waals surface area contributed by atoms with E-state index in [4.69, 9.17) is 0 Å². The van der Waals surface area contributed by atoms with Crippen molar-refractivity contribution in [3.8, 4) is 11.1 Å². The van der Waals surface area contributed by atoms with E-state index in [9.17, 15) is 9.59 Å². The SMILES string of the molecule is CC(c1ccccc1-c1ccccc1)N1C(=O)c2cnc3[nH]ncc3c2C1=O. The Kier molecular flexibility index (Phi) is 3.58. The van der Waals surface area contributed by atoms with E-state index >= 15 is 0 Å². The van der Waals surface area contributed by atoms with Crippen LogP contribution in [0.15, 0.2) is 67.0 Å². The van der Waals surface area contributed by atoms with E-state index in [0.29, 0.717) is 22.2 Å². The Morgan fingerprint density at radius 1 is 0.893 bits per heavy atom. The van der Waals surface area contributed by atoms with E-state index in [1.807, 2.05) is 61.5 Å². The first-order chi connectivity index (χ1) is 13.7. The lowest BCUT2D eigenvalue weighted by atomic mass is 9.95. The maximum Gasteiger partial charge on any atom is 0.263 e. The smallest absolute Gasteiger partial charge is 0.263 e. The van der Waals surface area contributed by atoms with Crippen molar-refractivity contribution in [1.82, 2.24) is 20.1 Å². The predicted molar refractivity (Wildman–Crippen MR) is 105 cm³/mol. The molecular formula is C22H16N4O2. The Morgan fingerprint density at radius 2 is 1.64 bits per heavy atom. The molecule has 6 nitrogen and oxygen atoms in total. The average Bonchev–Trinajstić information content (AvgIpc) is 3.31. The molecule has 1 unspecified atom stereocenters. The molecule has 0 bridgehead atoms. The Morgan fingerprint density at radius 3 is 2.46 bits per heavy atom. The van der Waals surface area contributed by atoms with Gasteiger partial charge in [-0.2, -0.15) is 5.10 Å². The molecule has 2 amide bonds. The maximum atomic E-state index is 13.2. The third-order valence-corrected chi connectivity index (χ3v) is 5.25. The Bertz CT molecular complexity index is 1230. The molecule has 6 heteroatoms. The first-order valence-corrected chi connectivity index (χ1v) is 9.01. The molecule has 0 aliphatic carbocycles. The number of carbonyl (C=O) groups is 2. The van der Waals surface area contributed by atoms with E-state index < -0.39 is 6.04 Å². The van der Waals surface area contributed by atoms with Gasteiger partial charge >= 0.3 is 0 Å². The molecule has 0 radical (unpaired) electrons. The van der Waals surface area contributed by atoms with Crippen molar-refractivity contribution in [2.75, 3.05) is 0 Å². The quantitative estimate of drug-likeness (QED) is 0.555. The first-order valence-electron chi connectivity index (χ1n) is 9.01. The summed E-state index contributed by atoms with van der Waals surface area (Å²) >= 11 is 0. The van der Waals surface area contributed by atoms with Crippen LogP contribution in [0.5, 0.6) is 0 Å². The highest BCUT2D eigenvalue weighted by molar-refractivity contribution is 6.26. The van der Waals surface area contributed by atoms with Crippen molar-refractivity contribution < 1.29 is 9.59 Å². The van der Waals surface area contributed by atoms with Crippen LogP contribution in [0.2, 0.25) is 0 Å². The number of aromatic nitrogens is 3. The number of benzene rings is 2. The van der Waals surface area contributed by atoms with Gasteiger partial charge in [0, 0.05) is 6.20 Å². The molecule has 3 heterocycles. The molecular weight excluding hydrogens is 352 g/mol. The number of rotatable bonds is 3. The molecule has 0 fully saturated rings. The molecule has 136 valence electrons. The van der Waals surface area contributed by atoms with Crippen molar-refractivity contribution >= 4 is 22.8 Å². The van der Waals surface area contributed by atoms with Gasteiger partial charge in [0.25, 0.3) is 11.8 Å². The fourth-order valence-corrected chi connectivity index (χ4v) is 3.87. The highest BCUT2D eigenvalue weighted by Gasteiger charge is 2.41. The minimum Gasteiger partial charge on any atom is -0.269 e. The van der Waals surface area contributed by atoms with Gasteiger partial charge in [0.05, 0.1) is 28.8 Å². The van der Waals surface area contributed by atoms with Gasteiger partial charge in [-0.3, -0.25) is 19.6 Å². The fraction of sp³-hybridized carbons (Fsp3) is 0.0909. The predicted octanol–water partition coefficient (Wildman–Crippen LogP) is 3.98. The summed E-state index contributed by atoms with van der Waals surface area (Å²) in [5, 5.41) is 7.27. The molecule has 2 aromatic carbocycles. The summed E-state index contributed by atoms with van der Waals surface area (Å²) in [6, 6.07) is 17.4. The highest BCUT2D eigenvalue weighted by atomic mass is 16.2. The second kappa shape index (κ2) is 6.13. The molecule has 0 saturated heterocycles. The number of amides is 2. The Hall–Kier alpha value is -3.80. The number of pyridine rings is 1. The van der Waals surface area contributed by atoms with Crippen LogP contribution in [0.3, 0.4) is 0 Å². The lowest BCUT2D eigenvalue weighted by molar-refractivity contribution is 0.0596. The van der Waals surface area contributed by atoms with Crippen LogP contribution in [0.4, 0.5) is 0 Å². The molecule has 1 N–H and O–H groups in total. The number of fused-ring (bicyclic) bond motifs is 3. The number of aromatic amines is 1. The van der Waals surface area contributed by atoms with Gasteiger partial charge in [-0.15, -0.1) is 0 Å². The van der Waals surface area contributed by atoms with E-state index in [0.717, 1.165) is 16.7 Å². The van der Waals surface area contributed by atoms with Crippen LogP contribution in [0.1, 0.15) is 39.2 Å². The van der Waals surface area contributed by atoms with Gasteiger partial charge in [-0.1, -0.05) is 54.6 Å². The number of hydrogen-bond donors (Lipinski definition) is 1. The third-order valence-electron chi connectivity index (χ3n) is 5.25. The zero-order valence-corrected chi connectivity index (χ0v) is 15.1. The summed E-state index contributed by atoms with van der Waals surface area (Å²) in [6.07, 6.45) is 2.99. The Labute approximate surface area is 160 Å². The van der Waals surface area contributed by atoms with Gasteiger partial charge in [0.2, 0.25) is 0 Å². The van der Waals surface area contributed by atoms with Crippen molar-refractivity contribution in [1.29, 1.82) is 0 Å². The van der Waals surface area contributed by atoms with Gasteiger partial charge < -0.3 is 0 Å². The fourth-order valence-electron chi connectivity index (χ4n) is 3.87. The molecule has 28 heavy (non-hydrogen) atoms. The molecule has 0 saturated carbocycles. The summed E-state index contributed by atoms with van der Waals surface area (Å²) in [7, 11) is 0. The molecule has 1 aliphatic rings. The summed E-state index contributed by atoms with van der Waals surface area (Å²) < 4.78 is 0. The summed E-state index contributed by atoms with van der Waals surface area (Å²) in [5.74, 6) is -0.643. The van der Waals surface area contributed by atoms with Crippen LogP contribution in [-0.4, -0.2) is 31.9 Å². The number of carbonyl (C=O) groups excluding carboxylic acids is 2. The van der Waals surface area contributed by atoms with Crippen LogP contribution < -0.4 is 0 Å². The van der Waals surface area contributed by atoms with Crippen molar-refractivity contribution in [3.05, 3.63) is 83.7 Å². The van der Waals surface area contributed by atoms with Gasteiger partial charge in [-0.25, -0.2) is 4.98 Å². The molecule has 4 aromatic rings. The normalized spacial score (nSPS) is 14.5. The standard InChI is InChI=1S/C22H16N4O2/c1-13(15-9-5-6-10-16(15)14-7-3-2-4-8-14)26-21(27)18-11-23-20-17(12-24-25-20)19(18)22(26)28/h2-13H,1H3,(H,23,24,25). The molecule has 2 aromatic heterocycles. The van der Waals surface area contributed by atoms with Crippen molar-refractivity contribution in [3.63, 3.8) is 0 Å². The molecule has 1 atom stereocenters. The van der Waals surface area contributed by atoms with E-state index in [-0.39, 0.29) is 11.8 Å². The average molecular weight is 368 g/mol. The zero-order valence-electron chi connectivity index (χ0n) is 15.1. The number of nitrogens with one attached hydrogen (secondary N) is 1. The van der Waals surface area contributed by atoms with Gasteiger partial charge in [0.1, 0.15) is 0 Å². The highest BCUT2D eigenvalue weighted by Crippen LogP contribution is 2.37. The third kappa shape index (κ3) is 2.28. The first kappa shape index (κ1) is 16.4. The summed E-state index contributed by atoms with van der Waals surface area (Å²) in [5.41, 5.74) is 4.15. The van der Waals surface area contributed by atoms with Gasteiger partial charge in [0.15, 0.2) is 5.65 Å². The summed E-state index contributed by atoms with van der Waals surface area (Å²) in [4.78, 5) is 31.8. The Balaban J connectivity index is 1.61. The second-order valence-electron chi connectivity index (χ2n) is 6.79. The number of imide groups is 1. The van der Waals surface area contributed by atoms with Gasteiger partial charge in [-0.05, 0) is 23.6 Å². The van der Waals surface area contributed by atoms with E-state index in [1.54, 1.807) is 6.20 Å². The molecule has 5 rings (SSSR count). The number of nitrogens with zero attached hydrogens (tertiary/aromatic N) is 3. The lowest BCUT2D eigenvalue weighted by Crippen LogP contribution is -2.32. The number of H-pyrrole nitrogens is 1. The zero-order chi connectivity index (χ0) is 19.3. The second-order valence-corrected chi connectivity index (χ2v) is 6.79. The van der Waals surface area contributed by atoms with E-state index in [2.05, 4.69) is 15.2 Å². The maximum absolute atomic E-state index is 13.2. The topological polar surface area (TPSA) is 79.0 Å². The van der Waals surface area contributed by atoms with E-state index in [1.165, 1.54) is 11.1 Å². The number of hydrogen-bond acceptors (Lipinski definition) is 4. The van der Waals surface area contributed by atoms with Crippen LogP contribution in [0.25, 0.3) is 22.2 Å². The lowest BCUT2D eigenvalue weighted by Gasteiger charge is -2.25. The van der Waals surface area contributed by atoms with Crippen LogP contribution in [-0.2, 0) is 0 Å². The van der Waals surface area contributed by atoms with Crippen molar-refractivity contribution in [2.45, 2.75) is 13.0 Å². The van der Waals surface area contributed by atoms with Crippen LogP contribution >= 0.6 is 0 Å². The minimum absolute atomic E-state index is 0.316. The minimum atomic E-state index is -0.425. The summed E-state index contributed by atoms with van der Waals surface area (Å²) in [6.45, 7) is 1.88. The molecule has 0 spiro atoms. The van der Waals surface area contributed by atoms with Crippen molar-refractivity contribution in [2.24, 2.45) is 0 Å². The van der Waals surface area contributed by atoms with Crippen LogP contribution in [0, 0.1) is 0 Å². The monoisotopic (exact) mass is 368 g/mol. The molecule has 1 aliphatic heterocycles.